The van der Waals surface area contributed by atoms with Crippen molar-refractivity contribution in [3.63, 3.8) is 0 Å². The van der Waals surface area contributed by atoms with Gasteiger partial charge >= 0.3 is 0 Å². The van der Waals surface area contributed by atoms with Gasteiger partial charge in [0.15, 0.2) is 0 Å². The van der Waals surface area contributed by atoms with Gasteiger partial charge in [-0.3, -0.25) is 4.98 Å². The van der Waals surface area contributed by atoms with E-state index in [0.717, 1.165) is 23.1 Å². The number of nitriles is 1. The Morgan fingerprint density at radius 3 is 2.87 bits per heavy atom. The van der Waals surface area contributed by atoms with Gasteiger partial charge in [0.25, 0.3) is 0 Å². The average molecular weight is 196 g/mol. The number of nitrogens with zero attached hydrogens (tertiary/aromatic N) is 2. The van der Waals surface area contributed by atoms with Crippen molar-refractivity contribution in [3.05, 3.63) is 41.7 Å². The molecule has 0 fully saturated rings. The van der Waals surface area contributed by atoms with Crippen LogP contribution in [0.1, 0.15) is 18.2 Å². The van der Waals surface area contributed by atoms with Gasteiger partial charge in [0.1, 0.15) is 0 Å². The number of aromatic nitrogens is 1. The van der Waals surface area contributed by atoms with E-state index < -0.39 is 0 Å². The Kier molecular flexibility index (Phi) is 2.64. The highest BCUT2D eigenvalue weighted by Gasteiger charge is 2.03. The monoisotopic (exact) mass is 196 g/mol. The summed E-state index contributed by atoms with van der Waals surface area (Å²) in [6.45, 7) is 2.10. The molecule has 0 saturated heterocycles. The average Bonchev–Trinajstić information content (AvgIpc) is 2.29. The molecule has 0 spiro atoms. The molecule has 0 aliphatic heterocycles. The molecule has 1 aromatic carbocycles. The summed E-state index contributed by atoms with van der Waals surface area (Å²) in [6, 6.07) is 10.3. The van der Waals surface area contributed by atoms with Gasteiger partial charge in [-0.2, -0.15) is 5.26 Å². The van der Waals surface area contributed by atoms with Gasteiger partial charge in [0.05, 0.1) is 12.5 Å². The van der Waals surface area contributed by atoms with Gasteiger partial charge in [0.2, 0.25) is 0 Å². The summed E-state index contributed by atoms with van der Waals surface area (Å²) >= 11 is 0. The predicted octanol–water partition coefficient (Wildman–Crippen LogP) is 2.86. The van der Waals surface area contributed by atoms with Gasteiger partial charge in [-0.25, -0.2) is 0 Å². The number of rotatable bonds is 2. The van der Waals surface area contributed by atoms with Crippen molar-refractivity contribution < 1.29 is 0 Å². The second-order valence-corrected chi connectivity index (χ2v) is 3.46. The molecular weight excluding hydrogens is 184 g/mol. The van der Waals surface area contributed by atoms with E-state index in [1.807, 2.05) is 24.4 Å². The van der Waals surface area contributed by atoms with Crippen LogP contribution in [0.3, 0.4) is 0 Å². The van der Waals surface area contributed by atoms with E-state index >= 15 is 0 Å². The maximum absolute atomic E-state index is 8.74. The van der Waals surface area contributed by atoms with E-state index in [1.165, 1.54) is 5.39 Å². The lowest BCUT2D eigenvalue weighted by atomic mass is 10.0. The number of aryl methyl sites for hydroxylation is 1. The van der Waals surface area contributed by atoms with Crippen molar-refractivity contribution in [2.45, 2.75) is 19.8 Å². The highest BCUT2D eigenvalue weighted by Crippen LogP contribution is 2.21. The van der Waals surface area contributed by atoms with Crippen molar-refractivity contribution in [2.24, 2.45) is 0 Å². The second kappa shape index (κ2) is 4.10. The Balaban J connectivity index is 2.72. The SMILES string of the molecule is CCc1nccc2c(CC#N)cccc12. The second-order valence-electron chi connectivity index (χ2n) is 3.46. The number of pyridine rings is 1. The molecule has 2 heteroatoms. The third-order valence-corrected chi connectivity index (χ3v) is 2.58. The molecule has 1 aromatic heterocycles. The Bertz CT molecular complexity index is 524. The first-order valence-electron chi connectivity index (χ1n) is 5.09. The summed E-state index contributed by atoms with van der Waals surface area (Å²) in [6.07, 6.45) is 3.21. The van der Waals surface area contributed by atoms with Crippen LogP contribution in [-0.4, -0.2) is 4.98 Å². The lowest BCUT2D eigenvalue weighted by molar-refractivity contribution is 1.06. The number of fused-ring (bicyclic) bond motifs is 1. The molecule has 0 saturated carbocycles. The zero-order chi connectivity index (χ0) is 10.7. The molecule has 74 valence electrons. The molecule has 0 bridgehead atoms. The molecule has 1 heterocycles. The van der Waals surface area contributed by atoms with Crippen LogP contribution in [0.4, 0.5) is 0 Å². The van der Waals surface area contributed by atoms with Crippen molar-refractivity contribution in [1.29, 1.82) is 5.26 Å². The van der Waals surface area contributed by atoms with Crippen LogP contribution in [0.2, 0.25) is 0 Å². The Labute approximate surface area is 89.2 Å². The molecule has 0 radical (unpaired) electrons. The fraction of sp³-hybridized carbons (Fsp3) is 0.231. The van der Waals surface area contributed by atoms with E-state index in [0.29, 0.717) is 6.42 Å². The van der Waals surface area contributed by atoms with Crippen molar-refractivity contribution >= 4 is 10.8 Å². The Morgan fingerprint density at radius 2 is 2.13 bits per heavy atom. The molecule has 0 aliphatic carbocycles. The summed E-state index contributed by atoms with van der Waals surface area (Å²) < 4.78 is 0. The maximum Gasteiger partial charge on any atom is 0.0669 e. The lowest BCUT2D eigenvalue weighted by Crippen LogP contribution is -1.91. The third-order valence-electron chi connectivity index (χ3n) is 2.58. The minimum Gasteiger partial charge on any atom is -0.261 e. The van der Waals surface area contributed by atoms with Crippen molar-refractivity contribution in [1.82, 2.24) is 4.98 Å². The summed E-state index contributed by atoms with van der Waals surface area (Å²) in [5.74, 6) is 0. The summed E-state index contributed by atoms with van der Waals surface area (Å²) in [7, 11) is 0. The molecule has 0 aliphatic rings. The normalized spacial score (nSPS) is 10.1. The summed E-state index contributed by atoms with van der Waals surface area (Å²) in [5.41, 5.74) is 2.19. The van der Waals surface area contributed by atoms with E-state index in [9.17, 15) is 0 Å². The van der Waals surface area contributed by atoms with Gasteiger partial charge in [-0.1, -0.05) is 25.1 Å². The van der Waals surface area contributed by atoms with Crippen LogP contribution in [-0.2, 0) is 12.8 Å². The Morgan fingerprint density at radius 1 is 1.27 bits per heavy atom. The number of hydrogen-bond donors (Lipinski definition) is 0. The fourth-order valence-electron chi connectivity index (χ4n) is 1.85. The molecule has 0 atom stereocenters. The zero-order valence-corrected chi connectivity index (χ0v) is 8.70. The smallest absolute Gasteiger partial charge is 0.0669 e. The largest absolute Gasteiger partial charge is 0.261 e. The molecule has 2 nitrogen and oxygen atoms in total. The highest BCUT2D eigenvalue weighted by molar-refractivity contribution is 5.87. The first kappa shape index (κ1) is 9.67. The minimum atomic E-state index is 0.463. The standard InChI is InChI=1S/C13H12N2/c1-2-13-12-5-3-4-10(6-8-14)11(12)7-9-15-13/h3-5,7,9H,2,6H2,1H3. The van der Waals surface area contributed by atoms with Crippen LogP contribution in [0.25, 0.3) is 10.8 Å². The summed E-state index contributed by atoms with van der Waals surface area (Å²) in [5, 5.41) is 11.1. The van der Waals surface area contributed by atoms with E-state index in [1.54, 1.807) is 0 Å². The number of hydrogen-bond acceptors (Lipinski definition) is 2. The van der Waals surface area contributed by atoms with Crippen LogP contribution in [0.15, 0.2) is 30.5 Å². The molecule has 0 amide bonds. The molecule has 0 N–H and O–H groups in total. The van der Waals surface area contributed by atoms with E-state index in [4.69, 9.17) is 5.26 Å². The minimum absolute atomic E-state index is 0.463. The predicted molar refractivity (Wildman–Crippen MR) is 60.4 cm³/mol. The molecule has 15 heavy (non-hydrogen) atoms. The fourth-order valence-corrected chi connectivity index (χ4v) is 1.85. The molecule has 2 rings (SSSR count). The molecular formula is C13H12N2. The van der Waals surface area contributed by atoms with Crippen LogP contribution in [0, 0.1) is 11.3 Å². The van der Waals surface area contributed by atoms with Crippen molar-refractivity contribution in [2.75, 3.05) is 0 Å². The number of benzene rings is 1. The maximum atomic E-state index is 8.74. The van der Waals surface area contributed by atoms with E-state index in [2.05, 4.69) is 24.0 Å². The van der Waals surface area contributed by atoms with E-state index in [-0.39, 0.29) is 0 Å². The van der Waals surface area contributed by atoms with Gasteiger partial charge in [-0.05, 0) is 23.4 Å². The Hall–Kier alpha value is -1.88. The first-order valence-corrected chi connectivity index (χ1v) is 5.09. The van der Waals surface area contributed by atoms with Crippen molar-refractivity contribution in [3.8, 4) is 6.07 Å². The first-order chi connectivity index (χ1) is 7.36. The lowest BCUT2D eigenvalue weighted by Gasteiger charge is -2.06. The van der Waals surface area contributed by atoms with Crippen LogP contribution >= 0.6 is 0 Å². The quantitative estimate of drug-likeness (QED) is 0.740. The molecule has 2 aromatic rings. The van der Waals surface area contributed by atoms with Crippen LogP contribution in [0.5, 0.6) is 0 Å². The molecule has 0 unspecified atom stereocenters. The van der Waals surface area contributed by atoms with Gasteiger partial charge in [-0.15, -0.1) is 0 Å². The van der Waals surface area contributed by atoms with Gasteiger partial charge in [0, 0.05) is 17.3 Å². The zero-order valence-electron chi connectivity index (χ0n) is 8.70. The highest BCUT2D eigenvalue weighted by atomic mass is 14.7. The summed E-state index contributed by atoms with van der Waals surface area (Å²) in [4.78, 5) is 4.34. The van der Waals surface area contributed by atoms with Crippen LogP contribution < -0.4 is 0 Å². The third kappa shape index (κ3) is 1.69. The van der Waals surface area contributed by atoms with Gasteiger partial charge < -0.3 is 0 Å². The topological polar surface area (TPSA) is 36.7 Å².